The standard InChI is InChI=1S/C45H60N4O14.Co/c1-21-36-24(10-13-30(52)53)41(3,4)28(47-36)18-27-23(9-12-29(50)51)43(6,19-34(60)61)39(46-27)22(2)37-25(11-14-31(54)55)44(7,20-35(62)63)45(8,49-37)40-26(17-33(58)59)42(5,38(21)48-40)16-15-32(56)57;/h18,23-26,40,46H,9-17,19-20H2,1-8H3,(H,50,51)(H,52,53)(H,54,55)(H,56,57)(H,58,59)(H,60,61)(H,62,63);/q;+3/b27-18-,36-21-,39-22-;/t23-,24-,25-,26+,40-,42-,43+,44+,45+;/m1./s1. The molecule has 0 saturated carbocycles. The maximum absolute atomic E-state index is 13.1. The van der Waals surface area contributed by atoms with E-state index in [0.29, 0.717) is 39.7 Å². The molecular weight excluding hydrogens is 879 g/mol. The maximum atomic E-state index is 13.1. The Hall–Kier alpha value is -5.17. The molecule has 9 atom stereocenters. The summed E-state index contributed by atoms with van der Waals surface area (Å²) in [5.41, 5.74) is -3.60. The average molecular weight is 940 g/mol. The zero-order valence-corrected chi connectivity index (χ0v) is 38.4. The number of nitrogens with zero attached hydrogens (tertiary/aromatic N) is 3. The van der Waals surface area contributed by atoms with E-state index in [-0.39, 0.29) is 61.0 Å². The SMILES string of the molecule is C/C1=C2N=C(/C=C3\N/C(=C(/C)C4=N[C@@](C)([C@@H]5N=C1[C@](C)(CCC(=O)O)[C@H]5CC(=O)O)[C@@](C)(CC(=O)O)[C@@H]4CCC(=O)O)[C@@](C)(CC(=O)O)[C@@H]3CCC(=O)O)C(C)(C)[C@@H]/2CCC(=O)O.[Co+3]. The van der Waals surface area contributed by atoms with Gasteiger partial charge in [-0.3, -0.25) is 48.5 Å². The van der Waals surface area contributed by atoms with Crippen molar-refractivity contribution in [2.45, 2.75) is 138 Å². The molecule has 8 N–H and O–H groups in total. The Balaban J connectivity index is 0.00000898. The zero-order valence-electron chi connectivity index (χ0n) is 37.4. The van der Waals surface area contributed by atoms with Gasteiger partial charge >= 0.3 is 58.6 Å². The molecule has 1 saturated heterocycles. The number of hydrogen-bond acceptors (Lipinski definition) is 11. The van der Waals surface area contributed by atoms with Gasteiger partial charge in [-0.15, -0.1) is 0 Å². The largest absolute Gasteiger partial charge is 3.00 e. The van der Waals surface area contributed by atoms with Gasteiger partial charge in [0.15, 0.2) is 0 Å². The molecule has 19 heteroatoms. The fourth-order valence-corrected chi connectivity index (χ4v) is 11.8. The van der Waals surface area contributed by atoms with E-state index in [4.69, 9.17) is 15.0 Å². The molecule has 5 aliphatic heterocycles. The van der Waals surface area contributed by atoms with Crippen LogP contribution >= 0.6 is 0 Å². The molecule has 5 aliphatic rings. The molecule has 8 bridgehead atoms. The number of allylic oxidation sites excluding steroid dienone is 6. The van der Waals surface area contributed by atoms with E-state index in [1.165, 1.54) is 0 Å². The van der Waals surface area contributed by atoms with E-state index in [1.807, 2.05) is 13.8 Å². The minimum Gasteiger partial charge on any atom is -0.481 e. The van der Waals surface area contributed by atoms with E-state index in [9.17, 15) is 69.3 Å². The quantitative estimate of drug-likeness (QED) is 0.0791. The molecule has 0 aromatic carbocycles. The van der Waals surface area contributed by atoms with Crippen LogP contribution in [0.2, 0.25) is 0 Å². The van der Waals surface area contributed by atoms with Crippen LogP contribution in [-0.2, 0) is 50.3 Å². The van der Waals surface area contributed by atoms with Gasteiger partial charge in [0.1, 0.15) is 0 Å². The fraction of sp³-hybridized carbons (Fsp3) is 0.644. The van der Waals surface area contributed by atoms with Crippen molar-refractivity contribution in [3.63, 3.8) is 0 Å². The summed E-state index contributed by atoms with van der Waals surface area (Å²) in [6.45, 7) is 13.9. The molecule has 0 aliphatic carbocycles. The van der Waals surface area contributed by atoms with Crippen LogP contribution in [0.15, 0.2) is 49.3 Å². The van der Waals surface area contributed by atoms with Crippen molar-refractivity contribution in [1.29, 1.82) is 0 Å². The van der Waals surface area contributed by atoms with Gasteiger partial charge in [-0.25, -0.2) is 0 Å². The van der Waals surface area contributed by atoms with E-state index < -0.39 is 131 Å². The van der Waals surface area contributed by atoms with Crippen LogP contribution in [0.4, 0.5) is 0 Å². The predicted molar refractivity (Wildman–Crippen MR) is 227 cm³/mol. The molecule has 0 unspecified atom stereocenters. The molecule has 0 radical (unpaired) electrons. The minimum atomic E-state index is -1.63. The maximum Gasteiger partial charge on any atom is 3.00 e. The van der Waals surface area contributed by atoms with Crippen LogP contribution in [0.5, 0.6) is 0 Å². The summed E-state index contributed by atoms with van der Waals surface area (Å²) < 4.78 is 0. The summed E-state index contributed by atoms with van der Waals surface area (Å²) in [6, 6.07) is -1.15. The Morgan fingerprint density at radius 3 is 1.66 bits per heavy atom. The molecular formula is C45H60CoN4O14+3. The topological polar surface area (TPSA) is 310 Å². The van der Waals surface area contributed by atoms with Gasteiger partial charge in [0.05, 0.1) is 30.8 Å². The molecule has 5 heterocycles. The molecule has 5 rings (SSSR count). The number of carboxylic acid groups (broad SMARTS) is 7. The normalized spacial score (nSPS) is 35.6. The van der Waals surface area contributed by atoms with Crippen molar-refractivity contribution in [3.05, 3.63) is 34.3 Å². The Morgan fingerprint density at radius 2 is 1.16 bits per heavy atom. The van der Waals surface area contributed by atoms with Crippen molar-refractivity contribution in [2.75, 3.05) is 0 Å². The first-order chi connectivity index (χ1) is 29.0. The molecule has 0 aromatic heterocycles. The minimum absolute atomic E-state index is 0. The zero-order chi connectivity index (χ0) is 47.4. The van der Waals surface area contributed by atoms with Crippen LogP contribution < -0.4 is 5.32 Å². The second kappa shape index (κ2) is 18.4. The van der Waals surface area contributed by atoms with E-state index in [1.54, 1.807) is 47.6 Å². The van der Waals surface area contributed by atoms with Crippen LogP contribution in [0.1, 0.15) is 126 Å². The number of rotatable bonds is 18. The predicted octanol–water partition coefficient (Wildman–Crippen LogP) is 5.92. The first kappa shape index (κ1) is 51.5. The third-order valence-electron chi connectivity index (χ3n) is 15.3. The average Bonchev–Trinajstić information content (AvgIpc) is 3.75. The van der Waals surface area contributed by atoms with Gasteiger partial charge in [0.2, 0.25) is 0 Å². The molecule has 0 aromatic rings. The molecule has 0 spiro atoms. The Kier molecular flexibility index (Phi) is 14.8. The Bertz CT molecular complexity index is 2220. The number of fused-ring (bicyclic) bond motifs is 6. The van der Waals surface area contributed by atoms with Crippen molar-refractivity contribution in [3.8, 4) is 0 Å². The summed E-state index contributed by atoms with van der Waals surface area (Å²) >= 11 is 0. The van der Waals surface area contributed by atoms with Crippen molar-refractivity contribution in [1.82, 2.24) is 5.32 Å². The third kappa shape index (κ3) is 9.06. The van der Waals surface area contributed by atoms with Crippen molar-refractivity contribution in [2.24, 2.45) is 60.3 Å². The van der Waals surface area contributed by atoms with Crippen LogP contribution in [0, 0.1) is 45.3 Å². The summed E-state index contributed by atoms with van der Waals surface area (Å²) in [4.78, 5) is 104. The first-order valence-corrected chi connectivity index (χ1v) is 21.3. The van der Waals surface area contributed by atoms with Gasteiger partial charge in [-0.2, -0.15) is 0 Å². The third-order valence-corrected chi connectivity index (χ3v) is 15.3. The molecule has 350 valence electrons. The van der Waals surface area contributed by atoms with Crippen molar-refractivity contribution >= 4 is 58.9 Å². The fourth-order valence-electron chi connectivity index (χ4n) is 11.8. The summed E-state index contributed by atoms with van der Waals surface area (Å²) in [7, 11) is 0. The number of hydrogen-bond donors (Lipinski definition) is 8. The van der Waals surface area contributed by atoms with Crippen LogP contribution in [0.25, 0.3) is 0 Å². The number of carboxylic acids is 7. The van der Waals surface area contributed by atoms with E-state index in [2.05, 4.69) is 5.32 Å². The van der Waals surface area contributed by atoms with Gasteiger partial charge < -0.3 is 41.1 Å². The molecule has 1 fully saturated rings. The van der Waals surface area contributed by atoms with Crippen LogP contribution in [-0.4, -0.2) is 106 Å². The molecule has 0 amide bonds. The van der Waals surface area contributed by atoms with E-state index in [0.717, 1.165) is 0 Å². The van der Waals surface area contributed by atoms with Gasteiger partial charge in [0.25, 0.3) is 0 Å². The smallest absolute Gasteiger partial charge is 0.481 e. The number of nitrogens with one attached hydrogen (secondary N) is 1. The monoisotopic (exact) mass is 939 g/mol. The number of aliphatic carboxylic acids is 7. The van der Waals surface area contributed by atoms with Gasteiger partial charge in [-0.05, 0) is 63.7 Å². The Labute approximate surface area is 381 Å². The summed E-state index contributed by atoms with van der Waals surface area (Å²) in [6.07, 6.45) is -1.45. The van der Waals surface area contributed by atoms with Crippen LogP contribution in [0.3, 0.4) is 0 Å². The van der Waals surface area contributed by atoms with Gasteiger partial charge in [0, 0.05) is 105 Å². The molecule has 64 heavy (non-hydrogen) atoms. The second-order valence-electron chi connectivity index (χ2n) is 19.5. The van der Waals surface area contributed by atoms with Crippen molar-refractivity contribution < 1.29 is 86.1 Å². The number of aliphatic imine (C=N–C) groups is 3. The van der Waals surface area contributed by atoms with Gasteiger partial charge in [-0.1, -0.05) is 34.6 Å². The summed E-state index contributed by atoms with van der Waals surface area (Å²) in [5.74, 6) is -11.5. The first-order valence-electron chi connectivity index (χ1n) is 21.3. The summed E-state index contributed by atoms with van der Waals surface area (Å²) in [5, 5.41) is 75.1. The number of carbonyl (C=O) groups is 7. The second-order valence-corrected chi connectivity index (χ2v) is 19.5. The Morgan fingerprint density at radius 1 is 0.641 bits per heavy atom. The van der Waals surface area contributed by atoms with E-state index >= 15 is 0 Å². The molecule has 18 nitrogen and oxygen atoms in total.